The molecule has 5 heteroatoms. The zero-order valence-electron chi connectivity index (χ0n) is 9.80. The molecule has 0 aromatic heterocycles. The van der Waals surface area contributed by atoms with Crippen LogP contribution < -0.4 is 10.6 Å². The Morgan fingerprint density at radius 2 is 2.12 bits per heavy atom. The normalized spacial score (nSPS) is 10.5. The summed E-state index contributed by atoms with van der Waals surface area (Å²) in [5, 5.41) is 10.6. The topological polar surface area (TPSA) is 72.4 Å². The molecule has 0 atom stereocenters. The second kappa shape index (κ2) is 4.83. The first-order chi connectivity index (χ1) is 7.47. The first-order valence-corrected chi connectivity index (χ1v) is 5.28. The molecule has 5 nitrogen and oxygen atoms in total. The van der Waals surface area contributed by atoms with E-state index >= 15 is 0 Å². The van der Waals surface area contributed by atoms with Crippen LogP contribution in [-0.2, 0) is 0 Å². The quantitative estimate of drug-likeness (QED) is 0.483. The number of nitrogens with two attached hydrogens (primary N) is 1. The second-order valence-electron chi connectivity index (χ2n) is 3.88. The van der Waals surface area contributed by atoms with Crippen LogP contribution in [0.2, 0.25) is 0 Å². The molecule has 0 amide bonds. The van der Waals surface area contributed by atoms with E-state index < -0.39 is 4.92 Å². The summed E-state index contributed by atoms with van der Waals surface area (Å²) < 4.78 is 0. The van der Waals surface area contributed by atoms with Crippen LogP contribution in [0.25, 0.3) is 0 Å². The van der Waals surface area contributed by atoms with Gasteiger partial charge in [0.25, 0.3) is 5.69 Å². The van der Waals surface area contributed by atoms with E-state index in [1.165, 1.54) is 6.07 Å². The molecule has 1 aromatic carbocycles. The third-order valence-corrected chi connectivity index (χ3v) is 2.50. The lowest BCUT2D eigenvalue weighted by Gasteiger charge is -2.27. The molecule has 1 aromatic rings. The summed E-state index contributed by atoms with van der Waals surface area (Å²) in [6, 6.07) is 5.18. The first kappa shape index (κ1) is 12.3. The summed E-state index contributed by atoms with van der Waals surface area (Å²) in [5.74, 6) is 0. The molecule has 0 unspecified atom stereocenters. The van der Waals surface area contributed by atoms with Gasteiger partial charge in [-0.05, 0) is 32.9 Å². The van der Waals surface area contributed by atoms with Gasteiger partial charge < -0.3 is 10.6 Å². The van der Waals surface area contributed by atoms with Gasteiger partial charge in [0.2, 0.25) is 0 Å². The number of benzene rings is 1. The fourth-order valence-electron chi connectivity index (χ4n) is 1.73. The number of hydrogen-bond donors (Lipinski definition) is 1. The van der Waals surface area contributed by atoms with E-state index in [-0.39, 0.29) is 11.4 Å². The number of rotatable bonds is 4. The summed E-state index contributed by atoms with van der Waals surface area (Å²) in [7, 11) is 0. The van der Waals surface area contributed by atoms with Crippen molar-refractivity contribution < 1.29 is 4.92 Å². The Morgan fingerprint density at radius 3 is 2.50 bits per heavy atom. The van der Waals surface area contributed by atoms with Gasteiger partial charge in [0.15, 0.2) is 0 Å². The molecular weight excluding hydrogens is 206 g/mol. The molecule has 0 spiro atoms. The van der Waals surface area contributed by atoms with Crippen LogP contribution in [0.4, 0.5) is 17.1 Å². The third kappa shape index (κ3) is 2.42. The maximum Gasteiger partial charge on any atom is 0.292 e. The van der Waals surface area contributed by atoms with E-state index in [2.05, 4.69) is 18.7 Å². The lowest BCUT2D eigenvalue weighted by molar-refractivity contribution is -0.383. The fraction of sp³-hybridized carbons (Fsp3) is 0.455. The summed E-state index contributed by atoms with van der Waals surface area (Å²) in [4.78, 5) is 12.3. The van der Waals surface area contributed by atoms with Gasteiger partial charge >= 0.3 is 0 Å². The summed E-state index contributed by atoms with van der Waals surface area (Å²) in [5.41, 5.74) is 6.74. The summed E-state index contributed by atoms with van der Waals surface area (Å²) in [6.45, 7) is 7.02. The number of nitro benzene ring substituents is 1. The maximum atomic E-state index is 10.6. The Kier molecular flexibility index (Phi) is 3.71. The molecular formula is C11H17N3O2. The highest BCUT2D eigenvalue weighted by Gasteiger charge is 2.14. The predicted molar refractivity (Wildman–Crippen MR) is 65.7 cm³/mol. The second-order valence-corrected chi connectivity index (χ2v) is 3.88. The minimum atomic E-state index is -0.467. The molecule has 0 saturated heterocycles. The van der Waals surface area contributed by atoms with E-state index in [1.54, 1.807) is 12.1 Å². The minimum Gasteiger partial charge on any atom is -0.393 e. The molecule has 0 aliphatic rings. The summed E-state index contributed by atoms with van der Waals surface area (Å²) >= 11 is 0. The lowest BCUT2D eigenvalue weighted by atomic mass is 10.2. The van der Waals surface area contributed by atoms with Crippen LogP contribution >= 0.6 is 0 Å². The van der Waals surface area contributed by atoms with Crippen molar-refractivity contribution in [2.24, 2.45) is 0 Å². The number of nitro groups is 1. The van der Waals surface area contributed by atoms with E-state index in [0.717, 1.165) is 12.2 Å². The van der Waals surface area contributed by atoms with Crippen LogP contribution in [-0.4, -0.2) is 17.5 Å². The summed E-state index contributed by atoms with van der Waals surface area (Å²) in [6.07, 6.45) is 0. The van der Waals surface area contributed by atoms with Gasteiger partial charge in [-0.1, -0.05) is 0 Å². The van der Waals surface area contributed by atoms with Gasteiger partial charge in [0.1, 0.15) is 5.69 Å². The average molecular weight is 223 g/mol. The Balaban J connectivity index is 3.09. The molecule has 0 radical (unpaired) electrons. The molecule has 0 saturated carbocycles. The number of hydrogen-bond acceptors (Lipinski definition) is 4. The van der Waals surface area contributed by atoms with Crippen molar-refractivity contribution in [2.45, 2.75) is 26.8 Å². The number of anilines is 2. The molecule has 1 rings (SSSR count). The highest BCUT2D eigenvalue weighted by molar-refractivity contribution is 5.66. The largest absolute Gasteiger partial charge is 0.393 e. The molecule has 2 N–H and O–H groups in total. The van der Waals surface area contributed by atoms with E-state index in [9.17, 15) is 10.1 Å². The number of nitrogens with zero attached hydrogens (tertiary/aromatic N) is 2. The Morgan fingerprint density at radius 1 is 1.50 bits per heavy atom. The molecule has 0 aliphatic carbocycles. The molecule has 0 fully saturated rings. The Labute approximate surface area is 95.0 Å². The van der Waals surface area contributed by atoms with Crippen molar-refractivity contribution in [2.75, 3.05) is 17.2 Å². The van der Waals surface area contributed by atoms with Crippen molar-refractivity contribution in [3.05, 3.63) is 28.3 Å². The highest BCUT2D eigenvalue weighted by Crippen LogP contribution is 2.27. The molecule has 0 bridgehead atoms. The smallest absolute Gasteiger partial charge is 0.292 e. The van der Waals surface area contributed by atoms with Crippen LogP contribution in [0, 0.1) is 10.1 Å². The lowest BCUT2D eigenvalue weighted by Crippen LogP contribution is -2.30. The van der Waals surface area contributed by atoms with Crippen LogP contribution in [0.3, 0.4) is 0 Å². The minimum absolute atomic E-state index is 0.0384. The van der Waals surface area contributed by atoms with Gasteiger partial charge in [0, 0.05) is 24.3 Å². The van der Waals surface area contributed by atoms with Gasteiger partial charge in [0.05, 0.1) is 4.92 Å². The van der Waals surface area contributed by atoms with Gasteiger partial charge in [-0.25, -0.2) is 0 Å². The SMILES string of the molecule is CCN(c1ccc([N+](=O)[O-])c(N)c1)C(C)C. The van der Waals surface area contributed by atoms with Crippen LogP contribution in [0.15, 0.2) is 18.2 Å². The Bertz CT molecular complexity index is 391. The van der Waals surface area contributed by atoms with E-state index in [4.69, 9.17) is 5.73 Å². The van der Waals surface area contributed by atoms with Crippen molar-refractivity contribution in [3.8, 4) is 0 Å². The number of nitrogen functional groups attached to an aromatic ring is 1. The fourth-order valence-corrected chi connectivity index (χ4v) is 1.73. The predicted octanol–water partition coefficient (Wildman–Crippen LogP) is 2.41. The Hall–Kier alpha value is -1.78. The monoisotopic (exact) mass is 223 g/mol. The van der Waals surface area contributed by atoms with Crippen molar-refractivity contribution in [1.29, 1.82) is 0 Å². The molecule has 88 valence electrons. The zero-order valence-corrected chi connectivity index (χ0v) is 9.80. The molecule has 16 heavy (non-hydrogen) atoms. The molecule has 0 aliphatic heterocycles. The molecule has 0 heterocycles. The van der Waals surface area contributed by atoms with E-state index in [0.29, 0.717) is 6.04 Å². The standard InChI is InChI=1S/C11H17N3O2/c1-4-13(8(2)3)9-5-6-11(14(15)16)10(12)7-9/h5-8H,4,12H2,1-3H3. The maximum absolute atomic E-state index is 10.6. The van der Waals surface area contributed by atoms with Crippen molar-refractivity contribution in [3.63, 3.8) is 0 Å². The third-order valence-electron chi connectivity index (χ3n) is 2.50. The van der Waals surface area contributed by atoms with Crippen LogP contribution in [0.1, 0.15) is 20.8 Å². The van der Waals surface area contributed by atoms with Gasteiger partial charge in [-0.15, -0.1) is 0 Å². The zero-order chi connectivity index (χ0) is 12.3. The van der Waals surface area contributed by atoms with Gasteiger partial charge in [-0.2, -0.15) is 0 Å². The van der Waals surface area contributed by atoms with Crippen molar-refractivity contribution >= 4 is 17.1 Å². The highest BCUT2D eigenvalue weighted by atomic mass is 16.6. The van der Waals surface area contributed by atoms with Gasteiger partial charge in [-0.3, -0.25) is 10.1 Å². The van der Waals surface area contributed by atoms with Crippen LogP contribution in [0.5, 0.6) is 0 Å². The van der Waals surface area contributed by atoms with E-state index in [1.807, 2.05) is 6.92 Å². The first-order valence-electron chi connectivity index (χ1n) is 5.28. The average Bonchev–Trinajstić information content (AvgIpc) is 2.17. The van der Waals surface area contributed by atoms with Crippen molar-refractivity contribution in [1.82, 2.24) is 0 Å².